The van der Waals surface area contributed by atoms with Crippen molar-refractivity contribution >= 4 is 30.1 Å². The van der Waals surface area contributed by atoms with Gasteiger partial charge in [0.05, 0.1) is 17.2 Å². The van der Waals surface area contributed by atoms with Crippen molar-refractivity contribution in [3.8, 4) is 6.07 Å². The minimum Gasteiger partial charge on any atom is -0.321 e. The van der Waals surface area contributed by atoms with Crippen LogP contribution < -0.4 is 5.32 Å². The van der Waals surface area contributed by atoms with E-state index in [1.165, 1.54) is 19.1 Å². The molecule has 1 N–H and O–H groups in total. The summed E-state index contributed by atoms with van der Waals surface area (Å²) in [6, 6.07) is 4.34. The SMILES string of the molecule is C/C(=N\S)C(=O)Nc1ccc(C#N)c(C(F)(F)F)c1. The second-order valence-electron chi connectivity index (χ2n) is 3.51. The van der Waals surface area contributed by atoms with Gasteiger partial charge in [-0.1, -0.05) is 0 Å². The van der Waals surface area contributed by atoms with E-state index in [2.05, 4.69) is 22.5 Å². The predicted octanol–water partition coefficient (Wildman–Crippen LogP) is 2.82. The zero-order valence-electron chi connectivity index (χ0n) is 9.62. The maximum atomic E-state index is 12.7. The van der Waals surface area contributed by atoms with Crippen LogP contribution in [0.3, 0.4) is 0 Å². The highest BCUT2D eigenvalue weighted by molar-refractivity contribution is 7.79. The second-order valence-corrected chi connectivity index (χ2v) is 3.71. The summed E-state index contributed by atoms with van der Waals surface area (Å²) in [5.41, 5.74) is -1.69. The van der Waals surface area contributed by atoms with Gasteiger partial charge in [0, 0.05) is 5.69 Å². The molecule has 19 heavy (non-hydrogen) atoms. The van der Waals surface area contributed by atoms with E-state index in [-0.39, 0.29) is 11.4 Å². The molecule has 1 aromatic rings. The Labute approximate surface area is 112 Å². The van der Waals surface area contributed by atoms with E-state index in [4.69, 9.17) is 5.26 Å². The zero-order valence-corrected chi connectivity index (χ0v) is 10.5. The van der Waals surface area contributed by atoms with Gasteiger partial charge in [0.1, 0.15) is 5.71 Å². The second kappa shape index (κ2) is 5.75. The smallest absolute Gasteiger partial charge is 0.321 e. The molecule has 0 aromatic heterocycles. The molecular formula is C11H8F3N3OS. The van der Waals surface area contributed by atoms with Gasteiger partial charge in [-0.05, 0) is 37.9 Å². The highest BCUT2D eigenvalue weighted by Crippen LogP contribution is 2.33. The van der Waals surface area contributed by atoms with Crippen LogP contribution in [0.4, 0.5) is 18.9 Å². The standard InChI is InChI=1S/C11H8F3N3OS/c1-6(17-19)10(18)16-8-3-2-7(5-15)9(4-8)11(12,13)14/h2-4,19H,1H3,(H,16,18)/b17-6+. The molecule has 100 valence electrons. The summed E-state index contributed by atoms with van der Waals surface area (Å²) < 4.78 is 41.3. The number of nitrogens with zero attached hydrogens (tertiary/aromatic N) is 2. The van der Waals surface area contributed by atoms with Crippen molar-refractivity contribution in [3.63, 3.8) is 0 Å². The average molecular weight is 287 g/mol. The molecule has 0 radical (unpaired) electrons. The summed E-state index contributed by atoms with van der Waals surface area (Å²) in [6.07, 6.45) is -4.67. The Hall–Kier alpha value is -2.01. The molecule has 1 rings (SSSR count). The summed E-state index contributed by atoms with van der Waals surface area (Å²) >= 11 is 3.52. The molecule has 0 heterocycles. The lowest BCUT2D eigenvalue weighted by Crippen LogP contribution is -2.20. The van der Waals surface area contributed by atoms with Crippen molar-refractivity contribution in [2.45, 2.75) is 13.1 Å². The lowest BCUT2D eigenvalue weighted by Gasteiger charge is -2.11. The van der Waals surface area contributed by atoms with Gasteiger partial charge < -0.3 is 5.32 Å². The number of halogens is 3. The van der Waals surface area contributed by atoms with Gasteiger partial charge in [0.25, 0.3) is 5.91 Å². The summed E-state index contributed by atoms with van der Waals surface area (Å²) in [4.78, 5) is 11.4. The summed E-state index contributed by atoms with van der Waals surface area (Å²) in [7, 11) is 0. The largest absolute Gasteiger partial charge is 0.417 e. The van der Waals surface area contributed by atoms with Crippen molar-refractivity contribution in [2.75, 3.05) is 5.32 Å². The molecule has 1 aromatic carbocycles. The number of carbonyl (C=O) groups excluding carboxylic acids is 1. The molecule has 0 unspecified atom stereocenters. The maximum Gasteiger partial charge on any atom is 0.417 e. The fourth-order valence-corrected chi connectivity index (χ4v) is 1.31. The highest BCUT2D eigenvalue weighted by Gasteiger charge is 2.33. The minimum atomic E-state index is -4.67. The van der Waals surface area contributed by atoms with Crippen LogP contribution in [0.2, 0.25) is 0 Å². The van der Waals surface area contributed by atoms with Gasteiger partial charge in [0.15, 0.2) is 0 Å². The number of carbonyl (C=O) groups is 1. The Bertz CT molecular complexity index is 576. The first-order chi connectivity index (χ1) is 8.79. The van der Waals surface area contributed by atoms with Crippen LogP contribution in [0, 0.1) is 11.3 Å². The normalized spacial score (nSPS) is 11.9. The molecule has 0 fully saturated rings. The van der Waals surface area contributed by atoms with Crippen molar-refractivity contribution in [2.24, 2.45) is 4.40 Å². The minimum absolute atomic E-state index is 0.00116. The molecule has 0 spiro atoms. The molecule has 4 nitrogen and oxygen atoms in total. The van der Waals surface area contributed by atoms with E-state index in [1.54, 1.807) is 0 Å². The quantitative estimate of drug-likeness (QED) is 0.649. The van der Waals surface area contributed by atoms with E-state index in [1.807, 2.05) is 0 Å². The van der Waals surface area contributed by atoms with E-state index < -0.39 is 23.2 Å². The van der Waals surface area contributed by atoms with Crippen LogP contribution in [0.5, 0.6) is 0 Å². The number of nitriles is 1. The van der Waals surface area contributed by atoms with Gasteiger partial charge in [0.2, 0.25) is 0 Å². The van der Waals surface area contributed by atoms with Crippen LogP contribution in [-0.2, 0) is 11.0 Å². The molecule has 8 heteroatoms. The summed E-state index contributed by atoms with van der Waals surface area (Å²) in [5, 5.41) is 10.8. The maximum absolute atomic E-state index is 12.7. The lowest BCUT2D eigenvalue weighted by molar-refractivity contribution is -0.137. The summed E-state index contributed by atoms with van der Waals surface area (Å²) in [6.45, 7) is 1.36. The number of thiol groups is 1. The molecule has 0 bridgehead atoms. The molecule has 1 amide bonds. The summed E-state index contributed by atoms with van der Waals surface area (Å²) in [5.74, 6) is -0.673. The lowest BCUT2D eigenvalue weighted by atomic mass is 10.1. The van der Waals surface area contributed by atoms with Gasteiger partial charge in [-0.15, -0.1) is 0 Å². The molecular weight excluding hydrogens is 279 g/mol. The Morgan fingerprint density at radius 3 is 2.58 bits per heavy atom. The van der Waals surface area contributed by atoms with E-state index >= 15 is 0 Å². The fourth-order valence-electron chi connectivity index (χ4n) is 1.22. The number of hydrogen-bond donors (Lipinski definition) is 2. The van der Waals surface area contributed by atoms with Crippen LogP contribution >= 0.6 is 12.8 Å². The number of rotatable bonds is 2. The molecule has 0 aliphatic heterocycles. The third-order valence-electron chi connectivity index (χ3n) is 2.18. The Morgan fingerprint density at radius 1 is 1.47 bits per heavy atom. The molecule has 0 atom stereocenters. The monoisotopic (exact) mass is 287 g/mol. The third kappa shape index (κ3) is 3.72. The topological polar surface area (TPSA) is 65.2 Å². The van der Waals surface area contributed by atoms with Gasteiger partial charge in [-0.3, -0.25) is 4.79 Å². The number of anilines is 1. The number of alkyl halides is 3. The Balaban J connectivity index is 3.14. The number of hydrogen-bond acceptors (Lipinski definition) is 4. The first-order valence-electron chi connectivity index (χ1n) is 4.91. The first kappa shape index (κ1) is 15.0. The molecule has 0 aliphatic rings. The number of amides is 1. The number of nitrogens with one attached hydrogen (secondary N) is 1. The van der Waals surface area contributed by atoms with Gasteiger partial charge in [-0.25, -0.2) is 4.40 Å². The van der Waals surface area contributed by atoms with Crippen LogP contribution in [-0.4, -0.2) is 11.6 Å². The van der Waals surface area contributed by atoms with Gasteiger partial charge in [-0.2, -0.15) is 18.4 Å². The van der Waals surface area contributed by atoms with E-state index in [0.717, 1.165) is 6.07 Å². The number of benzene rings is 1. The predicted molar refractivity (Wildman–Crippen MR) is 66.9 cm³/mol. The van der Waals surface area contributed by atoms with E-state index in [0.29, 0.717) is 6.07 Å². The third-order valence-corrected chi connectivity index (χ3v) is 2.48. The van der Waals surface area contributed by atoms with E-state index in [9.17, 15) is 18.0 Å². The molecule has 0 saturated carbocycles. The van der Waals surface area contributed by atoms with Crippen molar-refractivity contribution in [1.29, 1.82) is 5.26 Å². The Morgan fingerprint density at radius 2 is 2.11 bits per heavy atom. The van der Waals surface area contributed by atoms with Gasteiger partial charge >= 0.3 is 6.18 Å². The Kier molecular flexibility index (Phi) is 4.56. The molecule has 0 saturated heterocycles. The van der Waals surface area contributed by atoms with Crippen molar-refractivity contribution in [3.05, 3.63) is 29.3 Å². The van der Waals surface area contributed by atoms with Crippen molar-refractivity contribution < 1.29 is 18.0 Å². The average Bonchev–Trinajstić information content (AvgIpc) is 2.36. The van der Waals surface area contributed by atoms with Crippen LogP contribution in [0.15, 0.2) is 22.6 Å². The highest BCUT2D eigenvalue weighted by atomic mass is 32.1. The van der Waals surface area contributed by atoms with Crippen molar-refractivity contribution in [1.82, 2.24) is 0 Å². The zero-order chi connectivity index (χ0) is 14.6. The fraction of sp³-hybridized carbons (Fsp3) is 0.182. The molecule has 0 aliphatic carbocycles. The first-order valence-corrected chi connectivity index (χ1v) is 5.31. The van der Waals surface area contributed by atoms with Crippen LogP contribution in [0.1, 0.15) is 18.1 Å². The van der Waals surface area contributed by atoms with Crippen LogP contribution in [0.25, 0.3) is 0 Å².